The number of carbonyl (C=O) groups excluding carboxylic acids is 1. The average molecular weight is 349 g/mol. The number of nitrogens with one attached hydrogen (secondary N) is 1. The summed E-state index contributed by atoms with van der Waals surface area (Å²) in [7, 11) is 1.58. The van der Waals surface area contributed by atoms with Crippen molar-refractivity contribution in [3.8, 4) is 5.75 Å². The predicted molar refractivity (Wildman–Crippen MR) is 90.3 cm³/mol. The average Bonchev–Trinajstić information content (AvgIpc) is 2.58. The van der Waals surface area contributed by atoms with Crippen LogP contribution in [-0.4, -0.2) is 24.7 Å². The maximum absolute atomic E-state index is 13.8. The van der Waals surface area contributed by atoms with Crippen LogP contribution in [0.4, 0.5) is 8.78 Å². The molecular formula is C19H21F2NO3. The van der Waals surface area contributed by atoms with Crippen LogP contribution in [0.15, 0.2) is 42.5 Å². The van der Waals surface area contributed by atoms with E-state index in [1.54, 1.807) is 7.11 Å². The molecule has 1 atom stereocenters. The van der Waals surface area contributed by atoms with Crippen molar-refractivity contribution in [2.75, 3.05) is 13.7 Å². The summed E-state index contributed by atoms with van der Waals surface area (Å²) in [6.07, 6.45) is 0.761. The maximum Gasteiger partial charge on any atom is 0.220 e. The summed E-state index contributed by atoms with van der Waals surface area (Å²) >= 11 is 0. The summed E-state index contributed by atoms with van der Waals surface area (Å²) in [6, 6.07) is 10.3. The molecule has 0 spiro atoms. The van der Waals surface area contributed by atoms with Gasteiger partial charge in [0.15, 0.2) is 0 Å². The van der Waals surface area contributed by atoms with Gasteiger partial charge in [0.1, 0.15) is 23.0 Å². The molecule has 2 aromatic carbocycles. The van der Waals surface area contributed by atoms with Gasteiger partial charge in [-0.3, -0.25) is 4.79 Å². The Labute approximate surface area is 145 Å². The third kappa shape index (κ3) is 5.26. The molecule has 0 aliphatic rings. The number of rotatable bonds is 7. The highest BCUT2D eigenvalue weighted by molar-refractivity contribution is 5.76. The summed E-state index contributed by atoms with van der Waals surface area (Å²) < 4.78 is 31.8. The van der Waals surface area contributed by atoms with Crippen molar-refractivity contribution in [1.29, 1.82) is 0 Å². The fraction of sp³-hybridized carbons (Fsp3) is 0.316. The van der Waals surface area contributed by atoms with Crippen LogP contribution in [0.25, 0.3) is 0 Å². The zero-order valence-electron chi connectivity index (χ0n) is 14.2. The monoisotopic (exact) mass is 349 g/mol. The number of aryl methyl sites for hydroxylation is 1. The van der Waals surface area contributed by atoms with Crippen LogP contribution in [0, 0.1) is 11.6 Å². The molecule has 0 aromatic heterocycles. The molecule has 25 heavy (non-hydrogen) atoms. The molecule has 0 unspecified atom stereocenters. The highest BCUT2D eigenvalue weighted by atomic mass is 19.1. The molecule has 2 rings (SSSR count). The second kappa shape index (κ2) is 8.07. The lowest BCUT2D eigenvalue weighted by atomic mass is 9.95. The summed E-state index contributed by atoms with van der Waals surface area (Å²) in [5.41, 5.74) is -0.718. The fourth-order valence-corrected chi connectivity index (χ4v) is 2.43. The molecule has 0 saturated heterocycles. The number of hydrogen-bond donors (Lipinski definition) is 2. The van der Waals surface area contributed by atoms with E-state index < -0.39 is 17.2 Å². The largest absolute Gasteiger partial charge is 0.497 e. The normalized spacial score (nSPS) is 13.2. The quantitative estimate of drug-likeness (QED) is 0.808. The van der Waals surface area contributed by atoms with Gasteiger partial charge >= 0.3 is 0 Å². The molecule has 4 nitrogen and oxygen atoms in total. The van der Waals surface area contributed by atoms with E-state index in [9.17, 15) is 18.7 Å². The Hall–Kier alpha value is -2.47. The number of carbonyl (C=O) groups is 1. The Morgan fingerprint density at radius 2 is 1.88 bits per heavy atom. The predicted octanol–water partition coefficient (Wildman–Crippen LogP) is 2.93. The third-order valence-electron chi connectivity index (χ3n) is 3.94. The first-order valence-electron chi connectivity index (χ1n) is 7.89. The molecule has 2 aromatic rings. The second-order valence-corrected chi connectivity index (χ2v) is 6.02. The van der Waals surface area contributed by atoms with E-state index in [0.29, 0.717) is 12.5 Å². The molecule has 0 bridgehead atoms. The lowest BCUT2D eigenvalue weighted by Crippen LogP contribution is -2.39. The summed E-state index contributed by atoms with van der Waals surface area (Å²) in [4.78, 5) is 12.0. The number of hydrogen-bond acceptors (Lipinski definition) is 3. The fourth-order valence-electron chi connectivity index (χ4n) is 2.43. The molecule has 0 saturated carbocycles. The van der Waals surface area contributed by atoms with E-state index in [-0.39, 0.29) is 24.4 Å². The third-order valence-corrected chi connectivity index (χ3v) is 3.94. The number of methoxy groups -OCH3 is 1. The molecule has 0 fully saturated rings. The first-order valence-corrected chi connectivity index (χ1v) is 7.89. The summed E-state index contributed by atoms with van der Waals surface area (Å²) in [6.45, 7) is 1.20. The smallest absolute Gasteiger partial charge is 0.220 e. The van der Waals surface area contributed by atoms with Gasteiger partial charge in [0.05, 0.1) is 13.7 Å². The molecule has 0 aliphatic heterocycles. The van der Waals surface area contributed by atoms with Gasteiger partial charge < -0.3 is 15.2 Å². The molecule has 2 N–H and O–H groups in total. The lowest BCUT2D eigenvalue weighted by molar-refractivity contribution is -0.122. The Balaban J connectivity index is 1.87. The second-order valence-electron chi connectivity index (χ2n) is 6.02. The lowest BCUT2D eigenvalue weighted by Gasteiger charge is -2.24. The van der Waals surface area contributed by atoms with Crippen LogP contribution in [-0.2, 0) is 16.8 Å². The maximum atomic E-state index is 13.8. The van der Waals surface area contributed by atoms with E-state index >= 15 is 0 Å². The highest BCUT2D eigenvalue weighted by Crippen LogP contribution is 2.23. The van der Waals surface area contributed by atoms with E-state index in [1.807, 2.05) is 24.3 Å². The van der Waals surface area contributed by atoms with Gasteiger partial charge in [0, 0.05) is 18.1 Å². The SMILES string of the molecule is COc1ccc(CCC(=O)NC[C@@](C)(O)c2ccc(F)cc2F)cc1. The molecule has 1 amide bonds. The van der Waals surface area contributed by atoms with E-state index in [4.69, 9.17) is 4.74 Å². The van der Waals surface area contributed by atoms with Crippen LogP contribution in [0.2, 0.25) is 0 Å². The molecule has 6 heteroatoms. The summed E-state index contributed by atoms with van der Waals surface area (Å²) in [5.74, 6) is -1.10. The number of amides is 1. The zero-order valence-corrected chi connectivity index (χ0v) is 14.2. The van der Waals surface area contributed by atoms with Crippen molar-refractivity contribution in [1.82, 2.24) is 5.32 Å². The van der Waals surface area contributed by atoms with Crippen molar-refractivity contribution in [2.24, 2.45) is 0 Å². The van der Waals surface area contributed by atoms with Crippen molar-refractivity contribution in [3.05, 3.63) is 65.2 Å². The molecule has 0 aliphatic carbocycles. The van der Waals surface area contributed by atoms with Crippen molar-refractivity contribution in [2.45, 2.75) is 25.4 Å². The van der Waals surface area contributed by atoms with Gasteiger partial charge in [-0.2, -0.15) is 0 Å². The first kappa shape index (κ1) is 18.9. The Bertz CT molecular complexity index is 730. The standard InChI is InChI=1S/C19H21F2NO3/c1-19(24,16-9-6-14(20)11-17(16)21)12-22-18(23)10-5-13-3-7-15(25-2)8-4-13/h3-4,6-9,11,24H,5,10,12H2,1-2H3,(H,22,23)/t19-/m1/s1. The van der Waals surface area contributed by atoms with E-state index in [0.717, 1.165) is 17.4 Å². The molecular weight excluding hydrogens is 328 g/mol. The van der Waals surface area contributed by atoms with Gasteiger partial charge in [-0.05, 0) is 37.1 Å². The Kier molecular flexibility index (Phi) is 6.09. The first-order chi connectivity index (χ1) is 11.8. The minimum absolute atomic E-state index is 0.0654. The minimum atomic E-state index is -1.63. The van der Waals surface area contributed by atoms with Crippen molar-refractivity contribution in [3.63, 3.8) is 0 Å². The van der Waals surface area contributed by atoms with E-state index in [1.165, 1.54) is 13.0 Å². The number of aliphatic hydroxyl groups is 1. The highest BCUT2D eigenvalue weighted by Gasteiger charge is 2.27. The molecule has 134 valence electrons. The van der Waals surface area contributed by atoms with Crippen molar-refractivity contribution < 1.29 is 23.4 Å². The number of ether oxygens (including phenoxy) is 1. The van der Waals surface area contributed by atoms with E-state index in [2.05, 4.69) is 5.32 Å². The van der Waals surface area contributed by atoms with Crippen molar-refractivity contribution >= 4 is 5.91 Å². The van der Waals surface area contributed by atoms with Gasteiger partial charge in [0.2, 0.25) is 5.91 Å². The van der Waals surface area contributed by atoms with Gasteiger partial charge in [-0.1, -0.05) is 18.2 Å². The minimum Gasteiger partial charge on any atom is -0.497 e. The van der Waals surface area contributed by atoms with Gasteiger partial charge in [-0.25, -0.2) is 8.78 Å². The molecule has 0 radical (unpaired) electrons. The Morgan fingerprint density at radius 3 is 2.48 bits per heavy atom. The zero-order chi connectivity index (χ0) is 18.4. The van der Waals surface area contributed by atoms with Crippen LogP contribution >= 0.6 is 0 Å². The number of benzene rings is 2. The van der Waals surface area contributed by atoms with Crippen LogP contribution in [0.3, 0.4) is 0 Å². The van der Waals surface area contributed by atoms with Crippen LogP contribution in [0.5, 0.6) is 5.75 Å². The van der Waals surface area contributed by atoms with Crippen LogP contribution in [0.1, 0.15) is 24.5 Å². The summed E-state index contributed by atoms with van der Waals surface area (Å²) in [5, 5.41) is 12.9. The topological polar surface area (TPSA) is 58.6 Å². The number of halogens is 2. The molecule has 0 heterocycles. The Morgan fingerprint density at radius 1 is 1.20 bits per heavy atom. The van der Waals surface area contributed by atoms with Gasteiger partial charge in [0.25, 0.3) is 0 Å². The van der Waals surface area contributed by atoms with Gasteiger partial charge in [-0.15, -0.1) is 0 Å². The van der Waals surface area contributed by atoms with Crippen LogP contribution < -0.4 is 10.1 Å².